The van der Waals surface area contributed by atoms with Crippen molar-refractivity contribution in [2.75, 3.05) is 18.4 Å². The molecule has 2 amide bonds. The largest absolute Gasteiger partial charge is 0.339 e. The van der Waals surface area contributed by atoms with Gasteiger partial charge in [-0.2, -0.15) is 5.10 Å². The standard InChI is InChI=1S/C25H25N5O2/c1-29-18-22(17-27-29)25(32)28-23-11-9-19(16-26-23)10-12-24(31)30-14-5-8-21(13-15-30)20-6-3-2-4-7-20/h2-4,6-12,16-18H,5,13-15H2,1H3,(H,26,28,32). The van der Waals surface area contributed by atoms with Gasteiger partial charge >= 0.3 is 0 Å². The van der Waals surface area contributed by atoms with Gasteiger partial charge in [0.1, 0.15) is 5.82 Å². The first-order chi connectivity index (χ1) is 15.6. The van der Waals surface area contributed by atoms with E-state index in [0.29, 0.717) is 24.5 Å². The maximum Gasteiger partial charge on any atom is 0.260 e. The number of hydrogen-bond acceptors (Lipinski definition) is 4. The first kappa shape index (κ1) is 21.2. The molecule has 1 aromatic carbocycles. The number of aryl methyl sites for hydroxylation is 1. The summed E-state index contributed by atoms with van der Waals surface area (Å²) in [4.78, 5) is 31.0. The fraction of sp³-hybridized carbons (Fsp3) is 0.200. The van der Waals surface area contributed by atoms with Crippen molar-refractivity contribution in [1.82, 2.24) is 19.7 Å². The molecule has 0 unspecified atom stereocenters. The molecule has 7 nitrogen and oxygen atoms in total. The zero-order valence-corrected chi connectivity index (χ0v) is 17.9. The molecule has 3 aromatic rings. The zero-order chi connectivity index (χ0) is 22.3. The molecule has 0 fully saturated rings. The molecule has 3 heterocycles. The molecule has 0 radical (unpaired) electrons. The number of anilines is 1. The quantitative estimate of drug-likeness (QED) is 0.629. The number of carbonyl (C=O) groups is 2. The van der Waals surface area contributed by atoms with Crippen molar-refractivity contribution >= 4 is 29.3 Å². The fourth-order valence-electron chi connectivity index (χ4n) is 3.58. The summed E-state index contributed by atoms with van der Waals surface area (Å²) >= 11 is 0. The predicted octanol–water partition coefficient (Wildman–Crippen LogP) is 3.79. The minimum absolute atomic E-state index is 0.0123. The Balaban J connectivity index is 1.31. The monoisotopic (exact) mass is 427 g/mol. The average Bonchev–Trinajstić information content (AvgIpc) is 3.11. The van der Waals surface area contributed by atoms with Gasteiger partial charge < -0.3 is 10.2 Å². The van der Waals surface area contributed by atoms with Gasteiger partial charge in [-0.1, -0.05) is 36.4 Å². The van der Waals surface area contributed by atoms with Gasteiger partial charge in [-0.25, -0.2) is 4.98 Å². The lowest BCUT2D eigenvalue weighted by molar-refractivity contribution is -0.125. The van der Waals surface area contributed by atoms with Gasteiger partial charge in [0.25, 0.3) is 5.91 Å². The lowest BCUT2D eigenvalue weighted by Crippen LogP contribution is -2.30. The van der Waals surface area contributed by atoms with Crippen LogP contribution in [0.15, 0.2) is 73.2 Å². The van der Waals surface area contributed by atoms with Crippen LogP contribution in [0.4, 0.5) is 5.82 Å². The number of rotatable bonds is 5. The molecule has 162 valence electrons. The Morgan fingerprint density at radius 1 is 1.06 bits per heavy atom. The number of nitrogens with one attached hydrogen (secondary N) is 1. The Bertz CT molecular complexity index is 1150. The average molecular weight is 428 g/mol. The van der Waals surface area contributed by atoms with E-state index in [4.69, 9.17) is 0 Å². The maximum absolute atomic E-state index is 12.7. The van der Waals surface area contributed by atoms with Crippen molar-refractivity contribution in [3.63, 3.8) is 0 Å². The van der Waals surface area contributed by atoms with Gasteiger partial charge in [0.15, 0.2) is 0 Å². The van der Waals surface area contributed by atoms with Crippen molar-refractivity contribution in [3.05, 3.63) is 89.9 Å². The van der Waals surface area contributed by atoms with E-state index in [-0.39, 0.29) is 11.8 Å². The van der Waals surface area contributed by atoms with Crippen molar-refractivity contribution in [3.8, 4) is 0 Å². The van der Waals surface area contributed by atoms with Gasteiger partial charge in [-0.05, 0) is 47.8 Å². The van der Waals surface area contributed by atoms with E-state index in [2.05, 4.69) is 33.6 Å². The van der Waals surface area contributed by atoms with Crippen LogP contribution < -0.4 is 5.32 Å². The number of nitrogens with zero attached hydrogens (tertiary/aromatic N) is 4. The van der Waals surface area contributed by atoms with E-state index in [1.54, 1.807) is 42.3 Å². The molecule has 7 heteroatoms. The molecule has 2 aromatic heterocycles. The van der Waals surface area contributed by atoms with E-state index in [0.717, 1.165) is 18.4 Å². The summed E-state index contributed by atoms with van der Waals surface area (Å²) in [6.45, 7) is 1.40. The SMILES string of the molecule is Cn1cc(C(=O)Nc2ccc(C=CC(=O)N3CCC=C(c4ccccc4)CC3)cn2)cn1. The van der Waals surface area contributed by atoms with Crippen LogP contribution >= 0.6 is 0 Å². The smallest absolute Gasteiger partial charge is 0.260 e. The van der Waals surface area contributed by atoms with Gasteiger partial charge in [-0.15, -0.1) is 0 Å². The molecular formula is C25H25N5O2. The van der Waals surface area contributed by atoms with E-state index in [9.17, 15) is 9.59 Å². The molecule has 0 atom stereocenters. The van der Waals surface area contributed by atoms with E-state index >= 15 is 0 Å². The minimum atomic E-state index is -0.270. The summed E-state index contributed by atoms with van der Waals surface area (Å²) in [5, 5.41) is 6.72. The van der Waals surface area contributed by atoms with Gasteiger partial charge in [0, 0.05) is 38.6 Å². The second-order valence-corrected chi connectivity index (χ2v) is 7.63. The number of amides is 2. The summed E-state index contributed by atoms with van der Waals surface area (Å²) in [5.74, 6) is 0.157. The fourth-order valence-corrected chi connectivity index (χ4v) is 3.58. The first-order valence-corrected chi connectivity index (χ1v) is 10.6. The zero-order valence-electron chi connectivity index (χ0n) is 17.9. The van der Waals surface area contributed by atoms with Crippen LogP contribution in [0.5, 0.6) is 0 Å². The van der Waals surface area contributed by atoms with Crippen molar-refractivity contribution < 1.29 is 9.59 Å². The number of benzene rings is 1. The molecule has 0 saturated heterocycles. The topological polar surface area (TPSA) is 80.1 Å². The summed E-state index contributed by atoms with van der Waals surface area (Å²) < 4.78 is 1.57. The first-order valence-electron chi connectivity index (χ1n) is 10.6. The second kappa shape index (κ2) is 9.87. The van der Waals surface area contributed by atoms with E-state index in [1.807, 2.05) is 29.2 Å². The minimum Gasteiger partial charge on any atom is -0.339 e. The molecule has 1 aliphatic heterocycles. The van der Waals surface area contributed by atoms with Crippen LogP contribution in [0.1, 0.15) is 34.3 Å². The highest BCUT2D eigenvalue weighted by Crippen LogP contribution is 2.22. The highest BCUT2D eigenvalue weighted by molar-refractivity contribution is 6.03. The van der Waals surface area contributed by atoms with Gasteiger partial charge in [0.2, 0.25) is 5.91 Å². The molecule has 0 saturated carbocycles. The number of carbonyl (C=O) groups excluding carboxylic acids is 2. The Hall–Kier alpha value is -4.00. The molecule has 0 aliphatic carbocycles. The van der Waals surface area contributed by atoms with Crippen LogP contribution in [-0.2, 0) is 11.8 Å². The van der Waals surface area contributed by atoms with Crippen molar-refractivity contribution in [2.45, 2.75) is 12.8 Å². The third-order valence-electron chi connectivity index (χ3n) is 5.31. The van der Waals surface area contributed by atoms with Crippen LogP contribution in [0.2, 0.25) is 0 Å². The van der Waals surface area contributed by atoms with E-state index < -0.39 is 0 Å². The molecule has 0 spiro atoms. The summed E-state index contributed by atoms with van der Waals surface area (Å²) in [6, 6.07) is 13.8. The van der Waals surface area contributed by atoms with Crippen molar-refractivity contribution in [1.29, 1.82) is 0 Å². The Labute approximate surface area is 187 Å². The molecule has 32 heavy (non-hydrogen) atoms. The number of pyridine rings is 1. The lowest BCUT2D eigenvalue weighted by atomic mass is 10.0. The van der Waals surface area contributed by atoms with Crippen LogP contribution in [0, 0.1) is 0 Å². The van der Waals surface area contributed by atoms with Crippen LogP contribution in [0.25, 0.3) is 11.6 Å². The Morgan fingerprint density at radius 3 is 2.62 bits per heavy atom. The second-order valence-electron chi connectivity index (χ2n) is 7.63. The summed E-state index contributed by atoms with van der Waals surface area (Å²) in [5.41, 5.74) is 3.76. The molecular weight excluding hydrogens is 402 g/mol. The van der Waals surface area contributed by atoms with E-state index in [1.165, 1.54) is 17.3 Å². The summed E-state index contributed by atoms with van der Waals surface area (Å²) in [6.07, 6.45) is 12.0. The molecule has 0 bridgehead atoms. The highest BCUT2D eigenvalue weighted by Gasteiger charge is 2.15. The molecule has 1 N–H and O–H groups in total. The number of hydrogen-bond donors (Lipinski definition) is 1. The predicted molar refractivity (Wildman–Crippen MR) is 125 cm³/mol. The maximum atomic E-state index is 12.7. The summed E-state index contributed by atoms with van der Waals surface area (Å²) in [7, 11) is 1.75. The van der Waals surface area contributed by atoms with Crippen LogP contribution in [-0.4, -0.2) is 44.6 Å². The highest BCUT2D eigenvalue weighted by atomic mass is 16.2. The number of aromatic nitrogens is 3. The normalized spacial score (nSPS) is 14.2. The van der Waals surface area contributed by atoms with Gasteiger partial charge in [0.05, 0.1) is 11.8 Å². The Kier molecular flexibility index (Phi) is 6.55. The Morgan fingerprint density at radius 2 is 1.91 bits per heavy atom. The third kappa shape index (κ3) is 5.37. The third-order valence-corrected chi connectivity index (χ3v) is 5.31. The van der Waals surface area contributed by atoms with Crippen molar-refractivity contribution in [2.24, 2.45) is 7.05 Å². The van der Waals surface area contributed by atoms with Crippen LogP contribution in [0.3, 0.4) is 0 Å². The lowest BCUT2D eigenvalue weighted by Gasteiger charge is -2.18. The molecule has 1 aliphatic rings. The van der Waals surface area contributed by atoms with Gasteiger partial charge in [-0.3, -0.25) is 14.3 Å². The molecule has 4 rings (SSSR count).